The first-order valence-corrected chi connectivity index (χ1v) is 11.6. The van der Waals surface area contributed by atoms with Crippen LogP contribution in [0.1, 0.15) is 68.6 Å². The lowest BCUT2D eigenvalue weighted by atomic mass is 9.72. The Balaban J connectivity index is 1.56. The summed E-state index contributed by atoms with van der Waals surface area (Å²) in [5.41, 5.74) is 3.40. The summed E-state index contributed by atoms with van der Waals surface area (Å²) in [5, 5.41) is 3.90. The molecule has 1 aromatic heterocycles. The summed E-state index contributed by atoms with van der Waals surface area (Å²) in [7, 11) is 0. The molecule has 2 aromatic rings. The number of ketones is 1. The van der Waals surface area contributed by atoms with Crippen molar-refractivity contribution in [3.05, 3.63) is 81.5 Å². The molecular formula is C26H26ClNO4. The van der Waals surface area contributed by atoms with Crippen LogP contribution in [0.5, 0.6) is 0 Å². The topological polar surface area (TPSA) is 68.5 Å². The molecule has 32 heavy (non-hydrogen) atoms. The van der Waals surface area contributed by atoms with Crippen LogP contribution in [0.15, 0.2) is 69.6 Å². The first-order chi connectivity index (χ1) is 15.5. The lowest BCUT2D eigenvalue weighted by molar-refractivity contribution is -0.144. The summed E-state index contributed by atoms with van der Waals surface area (Å²) in [4.78, 5) is 26.9. The number of carbonyl (C=O) groups is 2. The van der Waals surface area contributed by atoms with Crippen molar-refractivity contribution in [1.29, 1.82) is 0 Å². The fraction of sp³-hybridized carbons (Fsp3) is 0.385. The number of rotatable bonds is 4. The van der Waals surface area contributed by atoms with Gasteiger partial charge in [0.1, 0.15) is 11.9 Å². The Morgan fingerprint density at radius 1 is 1.12 bits per heavy atom. The van der Waals surface area contributed by atoms with E-state index in [0.717, 1.165) is 42.7 Å². The number of Topliss-reactive ketones (excluding diaryl/α,β-unsaturated/α-hetero) is 1. The van der Waals surface area contributed by atoms with Gasteiger partial charge in [0.05, 0.1) is 11.8 Å². The molecule has 166 valence electrons. The molecule has 2 unspecified atom stereocenters. The fourth-order valence-corrected chi connectivity index (χ4v) is 5.52. The highest BCUT2D eigenvalue weighted by Crippen LogP contribution is 2.47. The van der Waals surface area contributed by atoms with E-state index in [-0.39, 0.29) is 23.8 Å². The van der Waals surface area contributed by atoms with Gasteiger partial charge in [-0.05, 0) is 62.8 Å². The molecule has 0 radical (unpaired) electrons. The summed E-state index contributed by atoms with van der Waals surface area (Å²) in [5.74, 6) is -0.133. The van der Waals surface area contributed by atoms with Crippen molar-refractivity contribution in [3.8, 4) is 0 Å². The molecule has 3 aliphatic rings. The van der Waals surface area contributed by atoms with E-state index in [1.54, 1.807) is 12.3 Å². The van der Waals surface area contributed by atoms with Gasteiger partial charge in [-0.2, -0.15) is 0 Å². The molecule has 2 aliphatic carbocycles. The first-order valence-electron chi connectivity index (χ1n) is 11.3. The normalized spacial score (nSPS) is 23.9. The quantitative estimate of drug-likeness (QED) is 0.596. The van der Waals surface area contributed by atoms with Crippen LogP contribution in [0.25, 0.3) is 0 Å². The molecule has 1 fully saturated rings. The molecule has 0 bridgehead atoms. The Bertz CT molecular complexity index is 1110. The van der Waals surface area contributed by atoms with E-state index in [1.165, 1.54) is 0 Å². The van der Waals surface area contributed by atoms with Crippen LogP contribution in [-0.2, 0) is 14.3 Å². The molecule has 0 spiro atoms. The second-order valence-electron chi connectivity index (χ2n) is 8.87. The lowest BCUT2D eigenvalue weighted by Gasteiger charge is -2.36. The molecule has 6 heteroatoms. The van der Waals surface area contributed by atoms with Crippen molar-refractivity contribution >= 4 is 23.4 Å². The lowest BCUT2D eigenvalue weighted by Crippen LogP contribution is -2.36. The number of furan rings is 1. The van der Waals surface area contributed by atoms with Crippen LogP contribution in [0, 0.1) is 0 Å². The van der Waals surface area contributed by atoms with Crippen LogP contribution in [0.2, 0.25) is 5.02 Å². The molecule has 5 rings (SSSR count). The van der Waals surface area contributed by atoms with Crippen molar-refractivity contribution in [2.24, 2.45) is 0 Å². The SMILES string of the molecule is CC1=C(C(=O)OC2CCCC2)C(c2ccccc2Cl)C2=C(CC(c3ccco3)CC2=O)N1. The third kappa shape index (κ3) is 3.79. The van der Waals surface area contributed by atoms with E-state index >= 15 is 0 Å². The summed E-state index contributed by atoms with van der Waals surface area (Å²) in [6, 6.07) is 11.2. The third-order valence-electron chi connectivity index (χ3n) is 6.79. The van der Waals surface area contributed by atoms with Crippen molar-refractivity contribution < 1.29 is 18.7 Å². The number of halogens is 1. The first kappa shape index (κ1) is 21.1. The number of benzene rings is 1. The predicted octanol–water partition coefficient (Wildman–Crippen LogP) is 5.78. The average Bonchev–Trinajstić information content (AvgIpc) is 3.47. The van der Waals surface area contributed by atoms with E-state index in [4.69, 9.17) is 20.8 Å². The summed E-state index contributed by atoms with van der Waals surface area (Å²) >= 11 is 6.59. The zero-order valence-electron chi connectivity index (χ0n) is 18.0. The molecule has 2 atom stereocenters. The minimum Gasteiger partial charge on any atom is -0.469 e. The van der Waals surface area contributed by atoms with E-state index in [9.17, 15) is 9.59 Å². The van der Waals surface area contributed by atoms with Crippen molar-refractivity contribution in [3.63, 3.8) is 0 Å². The Kier molecular flexibility index (Phi) is 5.68. The van der Waals surface area contributed by atoms with Gasteiger partial charge in [0.15, 0.2) is 5.78 Å². The van der Waals surface area contributed by atoms with Crippen molar-refractivity contribution in [2.45, 2.75) is 63.4 Å². The maximum absolute atomic E-state index is 13.5. The number of ether oxygens (including phenoxy) is 1. The van der Waals surface area contributed by atoms with Gasteiger partial charge in [0.25, 0.3) is 0 Å². The summed E-state index contributed by atoms with van der Waals surface area (Å²) in [6.45, 7) is 1.87. The molecule has 0 amide bonds. The second kappa shape index (κ2) is 8.62. The zero-order valence-corrected chi connectivity index (χ0v) is 18.8. The molecule has 2 heterocycles. The third-order valence-corrected chi connectivity index (χ3v) is 7.13. The van der Waals surface area contributed by atoms with Crippen LogP contribution in [-0.4, -0.2) is 17.9 Å². The van der Waals surface area contributed by atoms with Gasteiger partial charge in [-0.15, -0.1) is 0 Å². The van der Waals surface area contributed by atoms with Crippen LogP contribution < -0.4 is 5.32 Å². The Morgan fingerprint density at radius 2 is 1.91 bits per heavy atom. The van der Waals surface area contributed by atoms with Crippen LogP contribution in [0.4, 0.5) is 0 Å². The maximum atomic E-state index is 13.5. The average molecular weight is 452 g/mol. The summed E-state index contributed by atoms with van der Waals surface area (Å²) < 4.78 is 11.5. The van der Waals surface area contributed by atoms with Gasteiger partial charge in [-0.25, -0.2) is 4.79 Å². The van der Waals surface area contributed by atoms with Gasteiger partial charge in [0, 0.05) is 40.2 Å². The number of esters is 1. The van der Waals surface area contributed by atoms with Crippen molar-refractivity contribution in [2.75, 3.05) is 0 Å². The number of allylic oxidation sites excluding steroid dienone is 3. The highest BCUT2D eigenvalue weighted by molar-refractivity contribution is 6.31. The van der Waals surface area contributed by atoms with E-state index in [0.29, 0.717) is 34.7 Å². The van der Waals surface area contributed by atoms with E-state index in [1.807, 2.05) is 37.3 Å². The standard InChI is InChI=1S/C26H26ClNO4/c1-15-23(26(30)32-17-7-2-3-8-17)24(18-9-4-5-10-19(18)27)25-20(28-15)13-16(14-21(25)29)22-11-6-12-31-22/h4-6,9-12,16-17,24,28H,2-3,7-8,13-14H2,1H3. The minimum absolute atomic E-state index is 0.00346. The minimum atomic E-state index is -0.543. The van der Waals surface area contributed by atoms with E-state index in [2.05, 4.69) is 5.32 Å². The number of nitrogens with one attached hydrogen (secondary N) is 1. The van der Waals surface area contributed by atoms with Crippen LogP contribution >= 0.6 is 11.6 Å². The Labute approximate surface area is 192 Å². The van der Waals surface area contributed by atoms with Gasteiger partial charge in [0.2, 0.25) is 0 Å². The summed E-state index contributed by atoms with van der Waals surface area (Å²) in [6.07, 6.45) is 6.47. The smallest absolute Gasteiger partial charge is 0.337 e. The molecule has 1 saturated carbocycles. The highest BCUT2D eigenvalue weighted by atomic mass is 35.5. The molecule has 1 N–H and O–H groups in total. The maximum Gasteiger partial charge on any atom is 0.337 e. The molecule has 1 aromatic carbocycles. The molecular weight excluding hydrogens is 426 g/mol. The Morgan fingerprint density at radius 3 is 2.62 bits per heavy atom. The molecule has 0 saturated heterocycles. The predicted molar refractivity (Wildman–Crippen MR) is 121 cm³/mol. The van der Waals surface area contributed by atoms with E-state index < -0.39 is 5.92 Å². The van der Waals surface area contributed by atoms with Crippen molar-refractivity contribution in [1.82, 2.24) is 5.32 Å². The highest BCUT2D eigenvalue weighted by Gasteiger charge is 2.43. The zero-order chi connectivity index (χ0) is 22.2. The number of hydrogen-bond donors (Lipinski definition) is 1. The fourth-order valence-electron chi connectivity index (χ4n) is 5.28. The van der Waals surface area contributed by atoms with Gasteiger partial charge < -0.3 is 14.5 Å². The molecule has 1 aliphatic heterocycles. The number of hydrogen-bond acceptors (Lipinski definition) is 5. The van der Waals surface area contributed by atoms with Crippen LogP contribution in [0.3, 0.4) is 0 Å². The molecule has 5 nitrogen and oxygen atoms in total. The number of carbonyl (C=O) groups excluding carboxylic acids is 2. The van der Waals surface area contributed by atoms with Gasteiger partial charge in [-0.3, -0.25) is 4.79 Å². The monoisotopic (exact) mass is 451 g/mol. The largest absolute Gasteiger partial charge is 0.469 e. The second-order valence-corrected chi connectivity index (χ2v) is 9.27. The van der Waals surface area contributed by atoms with Gasteiger partial charge in [-0.1, -0.05) is 29.8 Å². The van der Waals surface area contributed by atoms with Gasteiger partial charge >= 0.3 is 5.97 Å². The number of dihydropyridines is 1. The Hall–Kier alpha value is -2.79.